The van der Waals surface area contributed by atoms with Crippen molar-refractivity contribution in [3.05, 3.63) is 53.1 Å². The van der Waals surface area contributed by atoms with E-state index in [1.54, 1.807) is 18.1 Å². The van der Waals surface area contributed by atoms with E-state index in [2.05, 4.69) is 4.90 Å². The van der Waals surface area contributed by atoms with Gasteiger partial charge in [-0.3, -0.25) is 4.79 Å². The van der Waals surface area contributed by atoms with Gasteiger partial charge in [-0.05, 0) is 61.7 Å². The minimum Gasteiger partial charge on any atom is -0.497 e. The van der Waals surface area contributed by atoms with E-state index in [4.69, 9.17) is 16.3 Å². The van der Waals surface area contributed by atoms with Crippen LogP contribution in [-0.4, -0.2) is 69.9 Å². The molecule has 0 unspecified atom stereocenters. The molecule has 1 amide bonds. The van der Waals surface area contributed by atoms with Gasteiger partial charge in [-0.1, -0.05) is 18.0 Å². The van der Waals surface area contributed by atoms with Crippen LogP contribution >= 0.6 is 11.6 Å². The number of hydrogen-bond donors (Lipinski definition) is 0. The van der Waals surface area contributed by atoms with Crippen LogP contribution in [0.2, 0.25) is 5.02 Å². The number of carbonyl (C=O) groups excluding carboxylic acids is 1. The zero-order valence-electron chi connectivity index (χ0n) is 18.9. The molecule has 0 spiro atoms. The average Bonchev–Trinajstić information content (AvgIpc) is 3.11. The topological polar surface area (TPSA) is 70.2 Å². The van der Waals surface area contributed by atoms with E-state index in [9.17, 15) is 13.2 Å². The molecule has 0 aliphatic carbocycles. The van der Waals surface area contributed by atoms with Gasteiger partial charge in [0, 0.05) is 50.5 Å². The smallest absolute Gasteiger partial charge is 0.253 e. The summed E-state index contributed by atoms with van der Waals surface area (Å²) in [6.45, 7) is 3.69. The first-order valence-corrected chi connectivity index (χ1v) is 13.2. The summed E-state index contributed by atoms with van der Waals surface area (Å²) in [5.41, 5.74) is 1.44. The van der Waals surface area contributed by atoms with Crippen LogP contribution in [0.3, 0.4) is 0 Å². The highest BCUT2D eigenvalue weighted by Crippen LogP contribution is 2.29. The molecule has 0 aromatic heterocycles. The molecule has 0 saturated carbocycles. The molecular weight excluding hydrogens is 462 g/mol. The summed E-state index contributed by atoms with van der Waals surface area (Å²) in [5, 5.41) is 0.152. The third-order valence-electron chi connectivity index (χ3n) is 6.33. The van der Waals surface area contributed by atoms with Gasteiger partial charge in [-0.25, -0.2) is 8.42 Å². The number of methoxy groups -OCH3 is 1. The summed E-state index contributed by atoms with van der Waals surface area (Å²) in [5.74, 6) is 0.641. The van der Waals surface area contributed by atoms with E-state index in [-0.39, 0.29) is 15.8 Å². The van der Waals surface area contributed by atoms with Crippen molar-refractivity contribution < 1.29 is 17.9 Å². The van der Waals surface area contributed by atoms with Gasteiger partial charge in [-0.2, -0.15) is 4.31 Å². The maximum atomic E-state index is 13.3. The Hall–Kier alpha value is -2.29. The first kappa shape index (κ1) is 23.9. The van der Waals surface area contributed by atoms with Gasteiger partial charge in [0.25, 0.3) is 5.91 Å². The van der Waals surface area contributed by atoms with Crippen LogP contribution in [-0.2, 0) is 10.0 Å². The number of ether oxygens (including phenoxy) is 1. The molecule has 0 atom stereocenters. The monoisotopic (exact) mass is 491 g/mol. The number of anilines is 1. The second-order valence-corrected chi connectivity index (χ2v) is 10.8. The number of piperidine rings is 1. The van der Waals surface area contributed by atoms with Crippen molar-refractivity contribution in [1.29, 1.82) is 0 Å². The third kappa shape index (κ3) is 5.28. The molecule has 0 radical (unpaired) electrons. The van der Waals surface area contributed by atoms with Crippen molar-refractivity contribution in [2.24, 2.45) is 0 Å². The Balaban J connectivity index is 1.49. The summed E-state index contributed by atoms with van der Waals surface area (Å²) >= 11 is 6.28. The van der Waals surface area contributed by atoms with Crippen LogP contribution in [0.4, 0.5) is 5.69 Å². The number of carbonyl (C=O) groups is 1. The van der Waals surface area contributed by atoms with Gasteiger partial charge in [0.05, 0.1) is 12.1 Å². The second-order valence-electron chi connectivity index (χ2n) is 8.44. The number of amides is 1. The number of sulfonamides is 1. The van der Waals surface area contributed by atoms with Crippen molar-refractivity contribution >= 4 is 33.2 Å². The fraction of sp³-hybridized carbons (Fsp3) is 0.458. The largest absolute Gasteiger partial charge is 0.497 e. The highest BCUT2D eigenvalue weighted by molar-refractivity contribution is 7.89. The summed E-state index contributed by atoms with van der Waals surface area (Å²) in [6, 6.07) is 12.5. The second kappa shape index (κ2) is 10.3. The molecule has 2 aromatic rings. The Morgan fingerprint density at radius 3 is 2.30 bits per heavy atom. The molecule has 2 heterocycles. The molecule has 2 aromatic carbocycles. The van der Waals surface area contributed by atoms with E-state index in [1.165, 1.54) is 16.4 Å². The zero-order chi connectivity index (χ0) is 23.4. The summed E-state index contributed by atoms with van der Waals surface area (Å²) in [7, 11) is -2.08. The molecule has 2 aliphatic rings. The van der Waals surface area contributed by atoms with Gasteiger partial charge in [0.15, 0.2) is 0 Å². The lowest BCUT2D eigenvalue weighted by Gasteiger charge is -2.27. The van der Waals surface area contributed by atoms with Gasteiger partial charge >= 0.3 is 0 Å². The van der Waals surface area contributed by atoms with E-state index >= 15 is 0 Å². The van der Waals surface area contributed by atoms with Crippen LogP contribution in [0.5, 0.6) is 5.75 Å². The summed E-state index contributed by atoms with van der Waals surface area (Å²) in [6.07, 6.45) is 3.53. The van der Waals surface area contributed by atoms with Crippen LogP contribution < -0.4 is 9.64 Å². The molecule has 2 saturated heterocycles. The van der Waals surface area contributed by atoms with Crippen molar-refractivity contribution in [3.8, 4) is 5.75 Å². The quantitative estimate of drug-likeness (QED) is 0.635. The maximum absolute atomic E-state index is 13.3. The predicted molar refractivity (Wildman–Crippen MR) is 130 cm³/mol. The molecule has 0 bridgehead atoms. The van der Waals surface area contributed by atoms with Crippen LogP contribution in [0.15, 0.2) is 47.4 Å². The van der Waals surface area contributed by atoms with Gasteiger partial charge in [-0.15, -0.1) is 0 Å². The molecule has 33 heavy (non-hydrogen) atoms. The molecule has 0 N–H and O–H groups in total. The van der Waals surface area contributed by atoms with Crippen molar-refractivity contribution in [2.75, 3.05) is 51.3 Å². The molecule has 2 fully saturated rings. The van der Waals surface area contributed by atoms with Crippen LogP contribution in [0, 0.1) is 0 Å². The van der Waals surface area contributed by atoms with Crippen molar-refractivity contribution in [1.82, 2.24) is 9.21 Å². The fourth-order valence-corrected chi connectivity index (χ4v) is 6.45. The SMILES string of the molecule is COc1ccc(N2CCCN(C(=O)c3ccc(Cl)c(S(=O)(=O)N4CCCCC4)c3)CC2)cc1. The molecule has 4 rings (SSSR count). The van der Waals surface area contributed by atoms with Crippen molar-refractivity contribution in [2.45, 2.75) is 30.6 Å². The maximum Gasteiger partial charge on any atom is 0.253 e. The molecule has 9 heteroatoms. The van der Waals surface area contributed by atoms with Gasteiger partial charge < -0.3 is 14.5 Å². The van der Waals surface area contributed by atoms with Gasteiger partial charge in [0.2, 0.25) is 10.0 Å². The number of rotatable bonds is 5. The third-order valence-corrected chi connectivity index (χ3v) is 8.71. The predicted octanol–water partition coefficient (Wildman–Crippen LogP) is 3.88. The first-order chi connectivity index (χ1) is 15.9. The Labute approximate surface area is 200 Å². The Bertz CT molecular complexity index is 1090. The van der Waals surface area contributed by atoms with Crippen LogP contribution in [0.1, 0.15) is 36.0 Å². The molecule has 2 aliphatic heterocycles. The van der Waals surface area contributed by atoms with Crippen LogP contribution in [0.25, 0.3) is 0 Å². The lowest BCUT2D eigenvalue weighted by atomic mass is 10.2. The Morgan fingerprint density at radius 1 is 0.879 bits per heavy atom. The van der Waals surface area contributed by atoms with E-state index in [0.29, 0.717) is 38.3 Å². The minimum absolute atomic E-state index is 0.0200. The van der Waals surface area contributed by atoms with Crippen molar-refractivity contribution in [3.63, 3.8) is 0 Å². The number of nitrogens with zero attached hydrogens (tertiary/aromatic N) is 3. The summed E-state index contributed by atoms with van der Waals surface area (Å²) < 4.78 is 33.0. The number of hydrogen-bond acceptors (Lipinski definition) is 5. The standard InChI is InChI=1S/C24H30ClN3O4S/c1-32-21-9-7-20(8-10-21)26-12-5-13-27(17-16-26)24(29)19-6-11-22(25)23(18-19)33(30,31)28-14-3-2-4-15-28/h6-11,18H,2-5,12-17H2,1H3. The Morgan fingerprint density at radius 2 is 1.61 bits per heavy atom. The highest BCUT2D eigenvalue weighted by Gasteiger charge is 2.29. The molecule has 178 valence electrons. The Kier molecular flexibility index (Phi) is 7.46. The average molecular weight is 492 g/mol. The van der Waals surface area contributed by atoms with E-state index in [1.807, 2.05) is 24.3 Å². The lowest BCUT2D eigenvalue weighted by molar-refractivity contribution is 0.0767. The first-order valence-electron chi connectivity index (χ1n) is 11.4. The highest BCUT2D eigenvalue weighted by atomic mass is 35.5. The fourth-order valence-electron chi connectivity index (χ4n) is 4.43. The minimum atomic E-state index is -3.73. The molecule has 7 nitrogen and oxygen atoms in total. The van der Waals surface area contributed by atoms with E-state index in [0.717, 1.165) is 43.7 Å². The van der Waals surface area contributed by atoms with Gasteiger partial charge in [0.1, 0.15) is 10.6 Å². The van der Waals surface area contributed by atoms with E-state index < -0.39 is 10.0 Å². The number of halogens is 1. The molecular formula is C24H30ClN3O4S. The number of benzene rings is 2. The lowest BCUT2D eigenvalue weighted by Crippen LogP contribution is -2.36. The zero-order valence-corrected chi connectivity index (χ0v) is 20.4. The normalized spacial score (nSPS) is 18.1. The summed E-state index contributed by atoms with van der Waals surface area (Å²) in [4.78, 5) is 17.4.